The molecule has 29 heavy (non-hydrogen) atoms. The van der Waals surface area contributed by atoms with Gasteiger partial charge in [0.1, 0.15) is 5.75 Å². The molecule has 4 heteroatoms. The average molecular weight is 380 g/mol. The molecule has 1 amide bonds. The summed E-state index contributed by atoms with van der Waals surface area (Å²) in [4.78, 5) is 12.4. The normalized spacial score (nSPS) is 10.9. The van der Waals surface area contributed by atoms with Gasteiger partial charge in [-0.1, -0.05) is 72.8 Å². The first-order chi connectivity index (χ1) is 14.3. The maximum absolute atomic E-state index is 12.4. The smallest absolute Gasteiger partial charge is 0.271 e. The minimum Gasteiger partial charge on any atom is -0.496 e. The Kier molecular flexibility index (Phi) is 5.34. The van der Waals surface area contributed by atoms with E-state index in [1.54, 1.807) is 25.5 Å². The Morgan fingerprint density at radius 1 is 0.828 bits per heavy atom. The lowest BCUT2D eigenvalue weighted by atomic mass is 10.0. The summed E-state index contributed by atoms with van der Waals surface area (Å²) in [6.45, 7) is 0. The highest BCUT2D eigenvalue weighted by molar-refractivity contribution is 6.03. The highest BCUT2D eigenvalue weighted by atomic mass is 16.5. The molecule has 0 bridgehead atoms. The second kappa shape index (κ2) is 8.40. The van der Waals surface area contributed by atoms with Crippen molar-refractivity contribution in [3.63, 3.8) is 0 Å². The molecule has 0 atom stereocenters. The molecule has 0 saturated heterocycles. The number of hydrazone groups is 1. The summed E-state index contributed by atoms with van der Waals surface area (Å²) < 4.78 is 5.45. The molecule has 0 radical (unpaired) electrons. The van der Waals surface area contributed by atoms with Crippen LogP contribution in [-0.4, -0.2) is 19.2 Å². The van der Waals surface area contributed by atoms with Crippen molar-refractivity contribution < 1.29 is 9.53 Å². The van der Waals surface area contributed by atoms with Crippen molar-refractivity contribution in [3.8, 4) is 16.9 Å². The van der Waals surface area contributed by atoms with Crippen molar-refractivity contribution >= 4 is 22.9 Å². The third-order valence-electron chi connectivity index (χ3n) is 4.76. The van der Waals surface area contributed by atoms with Crippen LogP contribution >= 0.6 is 0 Å². The lowest BCUT2D eigenvalue weighted by Crippen LogP contribution is -2.17. The Balaban J connectivity index is 1.51. The van der Waals surface area contributed by atoms with E-state index in [1.165, 1.54) is 0 Å². The number of rotatable bonds is 5. The predicted octanol–water partition coefficient (Wildman–Crippen LogP) is 5.28. The maximum atomic E-state index is 12.4. The molecule has 0 spiro atoms. The van der Waals surface area contributed by atoms with Gasteiger partial charge in [-0.2, -0.15) is 5.10 Å². The number of carbonyl (C=O) groups is 1. The number of ether oxygens (including phenoxy) is 1. The van der Waals surface area contributed by atoms with Crippen molar-refractivity contribution in [3.05, 3.63) is 102 Å². The van der Waals surface area contributed by atoms with Gasteiger partial charge in [-0.25, -0.2) is 5.43 Å². The molecular formula is C25H20N2O2. The predicted molar refractivity (Wildman–Crippen MR) is 117 cm³/mol. The zero-order valence-corrected chi connectivity index (χ0v) is 16.0. The quantitative estimate of drug-likeness (QED) is 0.378. The maximum Gasteiger partial charge on any atom is 0.271 e. The summed E-state index contributed by atoms with van der Waals surface area (Å²) in [6, 6.07) is 29.4. The highest BCUT2D eigenvalue weighted by Crippen LogP contribution is 2.26. The van der Waals surface area contributed by atoms with E-state index in [0.717, 1.165) is 27.5 Å². The van der Waals surface area contributed by atoms with Gasteiger partial charge in [-0.3, -0.25) is 4.79 Å². The molecule has 0 unspecified atom stereocenters. The van der Waals surface area contributed by atoms with Crippen LogP contribution in [0, 0.1) is 0 Å². The molecule has 0 fully saturated rings. The lowest BCUT2D eigenvalue weighted by molar-refractivity contribution is 0.0955. The zero-order chi connectivity index (χ0) is 20.1. The summed E-state index contributed by atoms with van der Waals surface area (Å²) in [5.74, 6) is 0.439. The molecule has 142 valence electrons. The van der Waals surface area contributed by atoms with Crippen molar-refractivity contribution in [1.82, 2.24) is 5.43 Å². The second-order valence-electron chi connectivity index (χ2n) is 6.55. The fourth-order valence-corrected chi connectivity index (χ4v) is 3.25. The molecule has 1 N–H and O–H groups in total. The fourth-order valence-electron chi connectivity index (χ4n) is 3.25. The van der Waals surface area contributed by atoms with E-state index in [0.29, 0.717) is 11.3 Å². The molecule has 0 aliphatic rings. The summed E-state index contributed by atoms with van der Waals surface area (Å²) in [7, 11) is 1.62. The summed E-state index contributed by atoms with van der Waals surface area (Å²) in [5, 5.41) is 6.24. The Bertz CT molecular complexity index is 1170. The van der Waals surface area contributed by atoms with Crippen molar-refractivity contribution in [1.29, 1.82) is 0 Å². The Labute approximate surface area is 169 Å². The lowest BCUT2D eigenvalue weighted by Gasteiger charge is -2.08. The Morgan fingerprint density at radius 2 is 1.52 bits per heavy atom. The number of amides is 1. The van der Waals surface area contributed by atoms with Crippen LogP contribution in [0.15, 0.2) is 96.1 Å². The minimum absolute atomic E-state index is 0.264. The molecule has 0 heterocycles. The van der Waals surface area contributed by atoms with E-state index in [1.807, 2.05) is 78.9 Å². The van der Waals surface area contributed by atoms with E-state index in [2.05, 4.69) is 10.5 Å². The highest BCUT2D eigenvalue weighted by Gasteiger charge is 2.07. The number of carbonyl (C=O) groups excluding carboxylic acids is 1. The van der Waals surface area contributed by atoms with Crippen molar-refractivity contribution in [2.45, 2.75) is 0 Å². The summed E-state index contributed by atoms with van der Waals surface area (Å²) >= 11 is 0. The van der Waals surface area contributed by atoms with Gasteiger partial charge in [0.05, 0.1) is 13.3 Å². The molecule has 4 rings (SSSR count). The summed E-state index contributed by atoms with van der Waals surface area (Å²) in [6.07, 6.45) is 1.62. The fraction of sp³-hybridized carbons (Fsp3) is 0.0400. The largest absolute Gasteiger partial charge is 0.496 e. The number of hydrogen-bond donors (Lipinski definition) is 1. The van der Waals surface area contributed by atoms with Crippen LogP contribution in [-0.2, 0) is 0 Å². The van der Waals surface area contributed by atoms with Crippen LogP contribution < -0.4 is 10.2 Å². The first-order valence-corrected chi connectivity index (χ1v) is 9.31. The molecule has 0 aromatic heterocycles. The van der Waals surface area contributed by atoms with Crippen LogP contribution in [0.1, 0.15) is 15.9 Å². The van der Waals surface area contributed by atoms with E-state index in [4.69, 9.17) is 4.74 Å². The van der Waals surface area contributed by atoms with Gasteiger partial charge in [0, 0.05) is 11.1 Å². The van der Waals surface area contributed by atoms with Crippen LogP contribution in [0.3, 0.4) is 0 Å². The summed E-state index contributed by atoms with van der Waals surface area (Å²) in [5.41, 5.74) is 6.14. The third-order valence-corrected chi connectivity index (χ3v) is 4.76. The third kappa shape index (κ3) is 4.01. The molecule has 0 saturated carbocycles. The first-order valence-electron chi connectivity index (χ1n) is 9.31. The molecule has 4 aromatic rings. The molecule has 4 nitrogen and oxygen atoms in total. The van der Waals surface area contributed by atoms with Crippen LogP contribution in [0.25, 0.3) is 21.9 Å². The minimum atomic E-state index is -0.264. The van der Waals surface area contributed by atoms with Gasteiger partial charge in [-0.15, -0.1) is 0 Å². The first kappa shape index (κ1) is 18.4. The van der Waals surface area contributed by atoms with E-state index in [-0.39, 0.29) is 5.91 Å². The van der Waals surface area contributed by atoms with Gasteiger partial charge < -0.3 is 4.74 Å². The number of benzene rings is 4. The second-order valence-corrected chi connectivity index (χ2v) is 6.55. The SMILES string of the molecule is COc1ccc2ccccc2c1/C=N/NC(=O)c1ccc(-c2ccccc2)cc1. The number of hydrogen-bond acceptors (Lipinski definition) is 3. The van der Waals surface area contributed by atoms with E-state index >= 15 is 0 Å². The van der Waals surface area contributed by atoms with Crippen LogP contribution in [0.2, 0.25) is 0 Å². The monoisotopic (exact) mass is 380 g/mol. The Morgan fingerprint density at radius 3 is 2.28 bits per heavy atom. The van der Waals surface area contributed by atoms with Crippen LogP contribution in [0.4, 0.5) is 0 Å². The number of nitrogens with zero attached hydrogens (tertiary/aromatic N) is 1. The number of methoxy groups -OCH3 is 1. The van der Waals surface area contributed by atoms with Gasteiger partial charge in [0.15, 0.2) is 0 Å². The van der Waals surface area contributed by atoms with Gasteiger partial charge in [0.25, 0.3) is 5.91 Å². The van der Waals surface area contributed by atoms with Gasteiger partial charge in [-0.05, 0) is 40.1 Å². The van der Waals surface area contributed by atoms with Crippen LogP contribution in [0.5, 0.6) is 5.75 Å². The van der Waals surface area contributed by atoms with Crippen molar-refractivity contribution in [2.24, 2.45) is 5.10 Å². The molecule has 4 aromatic carbocycles. The number of nitrogens with one attached hydrogen (secondary N) is 1. The molecular weight excluding hydrogens is 360 g/mol. The number of fused-ring (bicyclic) bond motifs is 1. The van der Waals surface area contributed by atoms with E-state index < -0.39 is 0 Å². The molecule has 0 aliphatic heterocycles. The van der Waals surface area contributed by atoms with Gasteiger partial charge in [0.2, 0.25) is 0 Å². The van der Waals surface area contributed by atoms with E-state index in [9.17, 15) is 4.79 Å². The topological polar surface area (TPSA) is 50.7 Å². The van der Waals surface area contributed by atoms with Crippen molar-refractivity contribution in [2.75, 3.05) is 7.11 Å². The molecule has 0 aliphatic carbocycles. The average Bonchev–Trinajstić information content (AvgIpc) is 2.79. The standard InChI is InChI=1S/C25H20N2O2/c1-29-24-16-15-20-9-5-6-10-22(20)23(24)17-26-27-25(28)21-13-11-19(12-14-21)18-7-3-2-4-8-18/h2-17H,1H3,(H,27,28)/b26-17+. The Hall–Kier alpha value is -3.92. The van der Waals surface area contributed by atoms with Gasteiger partial charge >= 0.3 is 0 Å². The zero-order valence-electron chi connectivity index (χ0n) is 16.0.